The molecule has 32 heavy (non-hydrogen) atoms. The minimum absolute atomic E-state index is 0.518. The monoisotopic (exact) mass is 423 g/mol. The highest BCUT2D eigenvalue weighted by molar-refractivity contribution is 5.86. The summed E-state index contributed by atoms with van der Waals surface area (Å²) in [6, 6.07) is 23.3. The second-order valence-corrected chi connectivity index (χ2v) is 7.32. The maximum atomic E-state index is 6.11. The molecular weight excluding hydrogens is 402 g/mol. The van der Waals surface area contributed by atoms with Crippen LogP contribution in [0.15, 0.2) is 79.0 Å². The van der Waals surface area contributed by atoms with Crippen LogP contribution in [0.3, 0.4) is 0 Å². The highest BCUT2D eigenvalue weighted by Crippen LogP contribution is 2.31. The Kier molecular flexibility index (Phi) is 5.13. The van der Waals surface area contributed by atoms with Crippen molar-refractivity contribution < 1.29 is 9.47 Å². The first kappa shape index (κ1) is 19.6. The summed E-state index contributed by atoms with van der Waals surface area (Å²) in [4.78, 5) is 8.94. The fourth-order valence-corrected chi connectivity index (χ4v) is 3.42. The van der Waals surface area contributed by atoms with E-state index in [0.29, 0.717) is 11.8 Å². The van der Waals surface area contributed by atoms with Crippen LogP contribution in [-0.2, 0) is 0 Å². The third kappa shape index (κ3) is 4.09. The van der Waals surface area contributed by atoms with Crippen molar-refractivity contribution in [2.24, 2.45) is 0 Å². The lowest BCUT2D eigenvalue weighted by molar-refractivity contribution is 0.415. The van der Waals surface area contributed by atoms with Crippen molar-refractivity contribution in [2.45, 2.75) is 6.92 Å². The molecule has 0 aliphatic carbocycles. The van der Waals surface area contributed by atoms with Crippen molar-refractivity contribution in [3.8, 4) is 28.6 Å². The van der Waals surface area contributed by atoms with Gasteiger partial charge in [0.05, 0.1) is 12.6 Å². The number of fused-ring (bicyclic) bond motifs is 1. The van der Waals surface area contributed by atoms with Crippen molar-refractivity contribution >= 4 is 22.5 Å². The van der Waals surface area contributed by atoms with Gasteiger partial charge in [-0.1, -0.05) is 12.1 Å². The quantitative estimate of drug-likeness (QED) is 0.355. The molecule has 5 aromatic rings. The molecule has 3 aromatic carbocycles. The summed E-state index contributed by atoms with van der Waals surface area (Å²) in [6.45, 7) is 2.05. The molecule has 0 saturated carbocycles. The van der Waals surface area contributed by atoms with Gasteiger partial charge in [0.1, 0.15) is 17.2 Å². The second-order valence-electron chi connectivity index (χ2n) is 7.32. The molecule has 2 N–H and O–H groups in total. The molecule has 0 amide bonds. The predicted molar refractivity (Wildman–Crippen MR) is 125 cm³/mol. The molecule has 7 nitrogen and oxygen atoms in total. The molecule has 5 rings (SSSR count). The summed E-state index contributed by atoms with van der Waals surface area (Å²) in [6.07, 6.45) is 1.72. The normalized spacial score (nSPS) is 10.8. The number of ether oxygens (including phenoxy) is 2. The van der Waals surface area contributed by atoms with Crippen LogP contribution in [-0.4, -0.2) is 27.3 Å². The number of benzene rings is 3. The van der Waals surface area contributed by atoms with Gasteiger partial charge in [0.25, 0.3) is 0 Å². The van der Waals surface area contributed by atoms with Crippen LogP contribution in [0.4, 0.5) is 11.6 Å². The van der Waals surface area contributed by atoms with Crippen molar-refractivity contribution in [1.29, 1.82) is 0 Å². The predicted octanol–water partition coefficient (Wildman–Crippen LogP) is 5.87. The number of nitrogens with zero attached hydrogens (tertiary/aromatic N) is 3. The fourth-order valence-electron chi connectivity index (χ4n) is 3.42. The highest BCUT2D eigenvalue weighted by Gasteiger charge is 2.09. The number of aromatic amines is 1. The Hall–Kier alpha value is -4.39. The van der Waals surface area contributed by atoms with Gasteiger partial charge in [-0.2, -0.15) is 4.98 Å². The SMILES string of the molecule is COc1ccc2c(Oc3ccc(-c4nc(Nc5cccc(C)c5)n[nH]4)cc3)ccnc2c1. The molecule has 0 spiro atoms. The number of aryl methyl sites for hydroxylation is 1. The van der Waals surface area contributed by atoms with E-state index in [2.05, 4.69) is 25.5 Å². The molecule has 0 fully saturated rings. The number of pyridine rings is 1. The van der Waals surface area contributed by atoms with E-state index in [-0.39, 0.29) is 0 Å². The lowest BCUT2D eigenvalue weighted by Gasteiger charge is -2.09. The Bertz CT molecular complexity index is 1380. The van der Waals surface area contributed by atoms with Gasteiger partial charge in [-0.15, -0.1) is 5.10 Å². The number of aromatic nitrogens is 4. The van der Waals surface area contributed by atoms with Gasteiger partial charge < -0.3 is 14.8 Å². The molecule has 0 aliphatic heterocycles. The fraction of sp³-hybridized carbons (Fsp3) is 0.0800. The van der Waals surface area contributed by atoms with Gasteiger partial charge in [0.15, 0.2) is 5.82 Å². The molecule has 0 atom stereocenters. The van der Waals surface area contributed by atoms with Crippen molar-refractivity contribution in [2.75, 3.05) is 12.4 Å². The van der Waals surface area contributed by atoms with E-state index in [4.69, 9.17) is 9.47 Å². The van der Waals surface area contributed by atoms with E-state index < -0.39 is 0 Å². The summed E-state index contributed by atoms with van der Waals surface area (Å²) in [7, 11) is 1.64. The van der Waals surface area contributed by atoms with E-state index >= 15 is 0 Å². The van der Waals surface area contributed by atoms with Gasteiger partial charge in [-0.05, 0) is 67.1 Å². The van der Waals surface area contributed by atoms with Crippen molar-refractivity contribution in [3.63, 3.8) is 0 Å². The molecule has 7 heteroatoms. The standard InChI is InChI=1S/C25H21N5O2/c1-16-4-3-5-18(14-16)27-25-28-24(29-30-25)17-6-8-19(9-7-17)32-23-12-13-26-22-15-20(31-2)10-11-21(22)23/h3-15H,1-2H3,(H2,27,28,29,30). The average molecular weight is 423 g/mol. The number of hydrogen-bond acceptors (Lipinski definition) is 6. The zero-order chi connectivity index (χ0) is 21.9. The first-order chi connectivity index (χ1) is 15.7. The first-order valence-electron chi connectivity index (χ1n) is 10.1. The number of hydrogen-bond donors (Lipinski definition) is 2. The Balaban J connectivity index is 1.33. The summed E-state index contributed by atoms with van der Waals surface area (Å²) < 4.78 is 11.4. The van der Waals surface area contributed by atoms with Gasteiger partial charge in [-0.3, -0.25) is 10.1 Å². The summed E-state index contributed by atoms with van der Waals surface area (Å²) >= 11 is 0. The van der Waals surface area contributed by atoms with Gasteiger partial charge in [0, 0.05) is 28.9 Å². The Labute approximate surface area is 185 Å². The lowest BCUT2D eigenvalue weighted by atomic mass is 10.2. The maximum absolute atomic E-state index is 6.11. The minimum atomic E-state index is 0.518. The summed E-state index contributed by atoms with van der Waals surface area (Å²) in [5, 5.41) is 11.4. The summed E-state index contributed by atoms with van der Waals surface area (Å²) in [5.41, 5.74) is 3.84. The molecule has 0 unspecified atom stereocenters. The van der Waals surface area contributed by atoms with Crippen LogP contribution >= 0.6 is 0 Å². The third-order valence-electron chi connectivity index (χ3n) is 5.03. The van der Waals surface area contributed by atoms with Crippen LogP contribution in [0, 0.1) is 6.92 Å². The molecule has 2 heterocycles. The molecule has 0 radical (unpaired) electrons. The van der Waals surface area contributed by atoms with E-state index in [1.54, 1.807) is 13.3 Å². The van der Waals surface area contributed by atoms with Crippen molar-refractivity contribution in [1.82, 2.24) is 20.2 Å². The van der Waals surface area contributed by atoms with E-state index in [9.17, 15) is 0 Å². The smallest absolute Gasteiger partial charge is 0.246 e. The number of rotatable bonds is 6. The Morgan fingerprint density at radius 2 is 1.75 bits per heavy atom. The van der Waals surface area contributed by atoms with E-state index in [1.807, 2.05) is 79.7 Å². The largest absolute Gasteiger partial charge is 0.497 e. The molecular formula is C25H21N5O2. The van der Waals surface area contributed by atoms with Crippen molar-refractivity contribution in [3.05, 3.63) is 84.6 Å². The van der Waals surface area contributed by atoms with Crippen LogP contribution in [0.2, 0.25) is 0 Å². The van der Waals surface area contributed by atoms with Crippen LogP contribution in [0.5, 0.6) is 17.2 Å². The topological polar surface area (TPSA) is 85.0 Å². The zero-order valence-electron chi connectivity index (χ0n) is 17.7. The Morgan fingerprint density at radius 3 is 2.56 bits per heavy atom. The number of nitrogens with one attached hydrogen (secondary N) is 2. The van der Waals surface area contributed by atoms with E-state index in [0.717, 1.165) is 39.4 Å². The maximum Gasteiger partial charge on any atom is 0.246 e. The van der Waals surface area contributed by atoms with Crippen LogP contribution < -0.4 is 14.8 Å². The summed E-state index contributed by atoms with van der Waals surface area (Å²) in [5.74, 6) is 3.40. The molecule has 0 saturated heterocycles. The Morgan fingerprint density at radius 1 is 0.906 bits per heavy atom. The van der Waals surface area contributed by atoms with Gasteiger partial charge in [0.2, 0.25) is 5.95 Å². The number of methoxy groups -OCH3 is 1. The average Bonchev–Trinajstić information content (AvgIpc) is 3.28. The van der Waals surface area contributed by atoms with E-state index in [1.165, 1.54) is 5.56 Å². The number of H-pyrrole nitrogens is 1. The molecule has 158 valence electrons. The van der Waals surface area contributed by atoms with Gasteiger partial charge in [-0.25, -0.2) is 0 Å². The van der Waals surface area contributed by atoms with Crippen LogP contribution in [0.25, 0.3) is 22.3 Å². The molecule has 0 aliphatic rings. The first-order valence-corrected chi connectivity index (χ1v) is 10.1. The lowest BCUT2D eigenvalue weighted by Crippen LogP contribution is -1.92. The zero-order valence-corrected chi connectivity index (χ0v) is 17.7. The minimum Gasteiger partial charge on any atom is -0.497 e. The molecule has 2 aromatic heterocycles. The number of anilines is 2. The third-order valence-corrected chi connectivity index (χ3v) is 5.03. The van der Waals surface area contributed by atoms with Gasteiger partial charge >= 0.3 is 0 Å². The molecule has 0 bridgehead atoms. The highest BCUT2D eigenvalue weighted by atomic mass is 16.5. The second kappa shape index (κ2) is 8.39. The van der Waals surface area contributed by atoms with Crippen LogP contribution in [0.1, 0.15) is 5.56 Å².